The molecule has 0 spiro atoms. The maximum Gasteiger partial charge on any atom is 0.191 e. The van der Waals surface area contributed by atoms with Gasteiger partial charge in [-0.05, 0) is 44.1 Å². The summed E-state index contributed by atoms with van der Waals surface area (Å²) in [6, 6.07) is 0. The molecule has 0 radical (unpaired) electrons. The molecule has 0 atom stereocenters. The molecular weight excluding hydrogens is 298 g/mol. The minimum Gasteiger partial charge on any atom is -0.383 e. The highest BCUT2D eigenvalue weighted by molar-refractivity contribution is 7.99. The number of nitrogens with zero attached hydrogens (tertiary/aromatic N) is 2. The SMILES string of the molecule is Nc1nc(SC2CCCC2)nc2sc3c(c12)CCCCC3. The fourth-order valence-corrected chi connectivity index (χ4v) is 6.04. The van der Waals surface area contributed by atoms with Gasteiger partial charge >= 0.3 is 0 Å². The molecule has 5 heteroatoms. The smallest absolute Gasteiger partial charge is 0.191 e. The second-order valence-electron chi connectivity index (χ2n) is 6.16. The Morgan fingerprint density at radius 1 is 1.00 bits per heavy atom. The summed E-state index contributed by atoms with van der Waals surface area (Å²) < 4.78 is 0. The van der Waals surface area contributed by atoms with E-state index in [1.165, 1.54) is 61.8 Å². The number of thioether (sulfide) groups is 1. The molecule has 0 aromatic carbocycles. The Labute approximate surface area is 133 Å². The molecule has 4 rings (SSSR count). The van der Waals surface area contributed by atoms with Gasteiger partial charge in [0, 0.05) is 10.1 Å². The second-order valence-corrected chi connectivity index (χ2v) is 8.51. The van der Waals surface area contributed by atoms with E-state index < -0.39 is 0 Å². The maximum absolute atomic E-state index is 6.29. The first kappa shape index (κ1) is 13.8. The Kier molecular flexibility index (Phi) is 3.79. The van der Waals surface area contributed by atoms with Crippen molar-refractivity contribution in [1.82, 2.24) is 9.97 Å². The summed E-state index contributed by atoms with van der Waals surface area (Å²) >= 11 is 3.69. The largest absolute Gasteiger partial charge is 0.383 e. The Balaban J connectivity index is 1.72. The number of anilines is 1. The van der Waals surface area contributed by atoms with Crippen molar-refractivity contribution < 1.29 is 0 Å². The fourth-order valence-electron chi connectivity index (χ4n) is 3.55. The highest BCUT2D eigenvalue weighted by atomic mass is 32.2. The minimum absolute atomic E-state index is 0.694. The Morgan fingerprint density at radius 3 is 2.67 bits per heavy atom. The highest BCUT2D eigenvalue weighted by Crippen LogP contribution is 2.39. The summed E-state index contributed by atoms with van der Waals surface area (Å²) in [6.07, 6.45) is 11.6. The average Bonchev–Trinajstić information content (AvgIpc) is 3.02. The molecular formula is C16H21N3S2. The van der Waals surface area contributed by atoms with Gasteiger partial charge in [0.25, 0.3) is 0 Å². The lowest BCUT2D eigenvalue weighted by Gasteiger charge is -2.08. The van der Waals surface area contributed by atoms with Gasteiger partial charge in [-0.1, -0.05) is 31.0 Å². The molecule has 0 bridgehead atoms. The zero-order chi connectivity index (χ0) is 14.2. The lowest BCUT2D eigenvalue weighted by atomic mass is 10.1. The topological polar surface area (TPSA) is 51.8 Å². The summed E-state index contributed by atoms with van der Waals surface area (Å²) in [5.74, 6) is 0.708. The highest BCUT2D eigenvalue weighted by Gasteiger charge is 2.22. The number of hydrogen-bond acceptors (Lipinski definition) is 5. The van der Waals surface area contributed by atoms with Crippen molar-refractivity contribution in [3.05, 3.63) is 10.4 Å². The van der Waals surface area contributed by atoms with Gasteiger partial charge in [0.15, 0.2) is 5.16 Å². The van der Waals surface area contributed by atoms with Crippen LogP contribution in [0, 0.1) is 0 Å². The number of nitrogens with two attached hydrogens (primary N) is 1. The summed E-state index contributed by atoms with van der Waals surface area (Å²) in [6.45, 7) is 0. The fraction of sp³-hybridized carbons (Fsp3) is 0.625. The lowest BCUT2D eigenvalue weighted by Crippen LogP contribution is -2.01. The summed E-state index contributed by atoms with van der Waals surface area (Å²) in [4.78, 5) is 12.1. The predicted molar refractivity (Wildman–Crippen MR) is 91.2 cm³/mol. The van der Waals surface area contributed by atoms with Crippen LogP contribution in [0.3, 0.4) is 0 Å². The third-order valence-corrected chi connectivity index (χ3v) is 7.03. The average molecular weight is 319 g/mol. The molecule has 2 N–H and O–H groups in total. The first-order valence-corrected chi connectivity index (χ1v) is 9.75. The zero-order valence-corrected chi connectivity index (χ0v) is 13.9. The van der Waals surface area contributed by atoms with Gasteiger partial charge < -0.3 is 5.73 Å². The van der Waals surface area contributed by atoms with E-state index in [4.69, 9.17) is 10.7 Å². The molecule has 2 heterocycles. The molecule has 2 aromatic rings. The van der Waals surface area contributed by atoms with Gasteiger partial charge in [-0.2, -0.15) is 0 Å². The molecule has 112 valence electrons. The predicted octanol–water partition coefficient (Wildman–Crippen LogP) is 4.58. The van der Waals surface area contributed by atoms with Crippen LogP contribution in [0.15, 0.2) is 5.16 Å². The summed E-state index contributed by atoms with van der Waals surface area (Å²) in [5.41, 5.74) is 7.74. The van der Waals surface area contributed by atoms with E-state index in [-0.39, 0.29) is 0 Å². The van der Waals surface area contributed by atoms with Crippen molar-refractivity contribution in [3.63, 3.8) is 0 Å². The van der Waals surface area contributed by atoms with Crippen LogP contribution in [0.2, 0.25) is 0 Å². The Bertz CT molecular complexity index is 659. The van der Waals surface area contributed by atoms with Gasteiger partial charge in [0.1, 0.15) is 10.6 Å². The molecule has 3 nitrogen and oxygen atoms in total. The molecule has 0 aliphatic heterocycles. The quantitative estimate of drug-likeness (QED) is 0.650. The molecule has 1 fully saturated rings. The lowest BCUT2D eigenvalue weighted by molar-refractivity contribution is 0.713. The molecule has 2 aromatic heterocycles. The van der Waals surface area contributed by atoms with E-state index in [1.807, 2.05) is 23.1 Å². The van der Waals surface area contributed by atoms with Gasteiger partial charge in [-0.15, -0.1) is 11.3 Å². The monoisotopic (exact) mass is 319 g/mol. The molecule has 0 saturated heterocycles. The van der Waals surface area contributed by atoms with Crippen LogP contribution in [-0.4, -0.2) is 15.2 Å². The summed E-state index contributed by atoms with van der Waals surface area (Å²) in [7, 11) is 0. The third kappa shape index (κ3) is 2.66. The van der Waals surface area contributed by atoms with E-state index in [1.54, 1.807) is 0 Å². The van der Waals surface area contributed by atoms with Crippen LogP contribution in [0.5, 0.6) is 0 Å². The summed E-state index contributed by atoms with van der Waals surface area (Å²) in [5, 5.41) is 2.75. The first-order chi connectivity index (χ1) is 10.3. The molecule has 2 aliphatic carbocycles. The molecule has 0 amide bonds. The normalized spacial score (nSPS) is 19.8. The van der Waals surface area contributed by atoms with E-state index in [0.717, 1.165) is 21.8 Å². The molecule has 1 saturated carbocycles. The van der Waals surface area contributed by atoms with Crippen molar-refractivity contribution >= 4 is 39.1 Å². The second kappa shape index (κ2) is 5.76. The van der Waals surface area contributed by atoms with E-state index in [2.05, 4.69) is 4.98 Å². The Morgan fingerprint density at radius 2 is 1.81 bits per heavy atom. The van der Waals surface area contributed by atoms with Crippen LogP contribution in [0.4, 0.5) is 5.82 Å². The van der Waals surface area contributed by atoms with Gasteiger partial charge in [0.05, 0.1) is 5.39 Å². The van der Waals surface area contributed by atoms with Crippen molar-refractivity contribution in [2.45, 2.75) is 68.2 Å². The van der Waals surface area contributed by atoms with Crippen molar-refractivity contribution in [3.8, 4) is 0 Å². The number of aromatic nitrogens is 2. The number of thiophene rings is 1. The van der Waals surface area contributed by atoms with Gasteiger partial charge in [-0.3, -0.25) is 0 Å². The van der Waals surface area contributed by atoms with E-state index in [0.29, 0.717) is 11.1 Å². The van der Waals surface area contributed by atoms with E-state index >= 15 is 0 Å². The van der Waals surface area contributed by atoms with Crippen LogP contribution >= 0.6 is 23.1 Å². The Hall–Kier alpha value is -0.810. The standard InChI is InChI=1S/C16H21N3S2/c17-14-13-11-8-2-1-3-9-12(11)21-15(13)19-16(18-14)20-10-6-4-5-7-10/h10H,1-9H2,(H2,17,18,19). The van der Waals surface area contributed by atoms with Crippen LogP contribution in [0.1, 0.15) is 55.4 Å². The number of nitrogen functional groups attached to an aromatic ring is 1. The van der Waals surface area contributed by atoms with Crippen molar-refractivity contribution in [2.24, 2.45) is 0 Å². The van der Waals surface area contributed by atoms with Gasteiger partial charge in [-0.25, -0.2) is 9.97 Å². The van der Waals surface area contributed by atoms with Crippen LogP contribution in [0.25, 0.3) is 10.2 Å². The van der Waals surface area contributed by atoms with Crippen molar-refractivity contribution in [2.75, 3.05) is 5.73 Å². The number of rotatable bonds is 2. The number of fused-ring (bicyclic) bond motifs is 3. The molecule has 21 heavy (non-hydrogen) atoms. The minimum atomic E-state index is 0.694. The maximum atomic E-state index is 6.29. The number of aryl methyl sites for hydroxylation is 2. The number of hydrogen-bond donors (Lipinski definition) is 1. The van der Waals surface area contributed by atoms with E-state index in [9.17, 15) is 0 Å². The first-order valence-electron chi connectivity index (χ1n) is 8.05. The third-order valence-electron chi connectivity index (χ3n) is 4.65. The van der Waals surface area contributed by atoms with Crippen LogP contribution in [-0.2, 0) is 12.8 Å². The molecule has 2 aliphatic rings. The van der Waals surface area contributed by atoms with Crippen molar-refractivity contribution in [1.29, 1.82) is 0 Å². The molecule has 0 unspecified atom stereocenters. The van der Waals surface area contributed by atoms with Gasteiger partial charge in [0.2, 0.25) is 0 Å². The van der Waals surface area contributed by atoms with Crippen LogP contribution < -0.4 is 5.73 Å². The zero-order valence-electron chi connectivity index (χ0n) is 12.2.